The van der Waals surface area contributed by atoms with Crippen LogP contribution in [0.4, 0.5) is 0 Å². The first kappa shape index (κ1) is 13.3. The van der Waals surface area contributed by atoms with Gasteiger partial charge < -0.3 is 14.8 Å². The van der Waals surface area contributed by atoms with Crippen LogP contribution in [-0.2, 0) is 11.3 Å². The molecule has 0 aromatic heterocycles. The van der Waals surface area contributed by atoms with E-state index in [0.29, 0.717) is 18.9 Å². The summed E-state index contributed by atoms with van der Waals surface area (Å²) >= 11 is 0. The Morgan fingerprint density at radius 1 is 1.15 bits per heavy atom. The van der Waals surface area contributed by atoms with E-state index in [1.165, 1.54) is 32.1 Å². The highest BCUT2D eigenvalue weighted by atomic mass is 16.7. The molecule has 0 spiro atoms. The molecule has 0 radical (unpaired) electrons. The van der Waals surface area contributed by atoms with Gasteiger partial charge in [0.15, 0.2) is 11.5 Å². The van der Waals surface area contributed by atoms with Gasteiger partial charge in [0.1, 0.15) is 0 Å². The normalized spacial score (nSPS) is 18.0. The lowest BCUT2D eigenvalue weighted by atomic mass is 9.87. The molecule has 0 bridgehead atoms. The topological polar surface area (TPSA) is 47.6 Å². The van der Waals surface area contributed by atoms with E-state index in [9.17, 15) is 4.79 Å². The first-order chi connectivity index (χ1) is 9.81. The van der Waals surface area contributed by atoms with Gasteiger partial charge in [-0.3, -0.25) is 4.79 Å². The molecule has 4 heteroatoms. The van der Waals surface area contributed by atoms with Gasteiger partial charge in [0.25, 0.3) is 0 Å². The molecule has 1 fully saturated rings. The van der Waals surface area contributed by atoms with Gasteiger partial charge in [-0.15, -0.1) is 0 Å². The number of rotatable bonds is 4. The maximum absolute atomic E-state index is 12.0. The first-order valence-corrected chi connectivity index (χ1v) is 7.46. The maximum Gasteiger partial charge on any atom is 0.231 e. The second-order valence-electron chi connectivity index (χ2n) is 5.67. The summed E-state index contributed by atoms with van der Waals surface area (Å²) < 4.78 is 10.6. The molecule has 20 heavy (non-hydrogen) atoms. The molecule has 1 amide bonds. The third kappa shape index (κ3) is 3.24. The number of fused-ring (bicyclic) bond motifs is 1. The second-order valence-corrected chi connectivity index (χ2v) is 5.67. The Morgan fingerprint density at radius 3 is 2.80 bits per heavy atom. The standard InChI is InChI=1S/C16H21NO3/c18-16(9-12-4-2-1-3-5-12)17-10-13-6-7-14-15(8-13)20-11-19-14/h6-8,12H,1-5,9-11H2,(H,17,18). The van der Waals surface area contributed by atoms with Crippen LogP contribution < -0.4 is 14.8 Å². The molecule has 1 aromatic rings. The number of carbonyl (C=O) groups excluding carboxylic acids is 1. The first-order valence-electron chi connectivity index (χ1n) is 7.46. The monoisotopic (exact) mass is 275 g/mol. The summed E-state index contributed by atoms with van der Waals surface area (Å²) in [6.07, 6.45) is 6.97. The van der Waals surface area contributed by atoms with Crippen LogP contribution in [0.5, 0.6) is 11.5 Å². The number of hydrogen-bond acceptors (Lipinski definition) is 3. The summed E-state index contributed by atoms with van der Waals surface area (Å²) in [6, 6.07) is 5.79. The van der Waals surface area contributed by atoms with E-state index in [1.54, 1.807) is 0 Å². The average Bonchev–Trinajstić information content (AvgIpc) is 2.93. The zero-order valence-corrected chi connectivity index (χ0v) is 11.7. The van der Waals surface area contributed by atoms with Crippen molar-refractivity contribution in [2.45, 2.75) is 45.1 Å². The summed E-state index contributed by atoms with van der Waals surface area (Å²) in [6.45, 7) is 0.842. The molecule has 4 nitrogen and oxygen atoms in total. The van der Waals surface area contributed by atoms with Crippen molar-refractivity contribution >= 4 is 5.91 Å². The van der Waals surface area contributed by atoms with E-state index in [-0.39, 0.29) is 12.7 Å². The third-order valence-electron chi connectivity index (χ3n) is 4.13. The SMILES string of the molecule is O=C(CC1CCCCC1)NCc1ccc2c(c1)OCO2. The fourth-order valence-corrected chi connectivity index (χ4v) is 2.98. The van der Waals surface area contributed by atoms with Crippen molar-refractivity contribution in [2.75, 3.05) is 6.79 Å². The van der Waals surface area contributed by atoms with Crippen LogP contribution in [0.15, 0.2) is 18.2 Å². The largest absolute Gasteiger partial charge is 0.454 e. The number of hydrogen-bond donors (Lipinski definition) is 1. The zero-order chi connectivity index (χ0) is 13.8. The summed E-state index contributed by atoms with van der Waals surface area (Å²) in [4.78, 5) is 12.0. The van der Waals surface area contributed by atoms with Crippen molar-refractivity contribution in [3.05, 3.63) is 23.8 Å². The van der Waals surface area contributed by atoms with Crippen LogP contribution in [0.1, 0.15) is 44.1 Å². The molecule has 1 saturated carbocycles. The van der Waals surface area contributed by atoms with Gasteiger partial charge in [0.05, 0.1) is 0 Å². The molecule has 2 aliphatic rings. The summed E-state index contributed by atoms with van der Waals surface area (Å²) in [5.74, 6) is 2.29. The molecule has 0 atom stereocenters. The summed E-state index contributed by atoms with van der Waals surface area (Å²) in [5.41, 5.74) is 1.05. The molecule has 0 saturated heterocycles. The molecule has 1 aromatic carbocycles. The Labute approximate surface area is 119 Å². The molecule has 3 rings (SSSR count). The fraction of sp³-hybridized carbons (Fsp3) is 0.562. The number of benzene rings is 1. The van der Waals surface area contributed by atoms with E-state index in [4.69, 9.17) is 9.47 Å². The van der Waals surface area contributed by atoms with Gasteiger partial charge in [0, 0.05) is 13.0 Å². The van der Waals surface area contributed by atoms with E-state index >= 15 is 0 Å². The molecule has 1 aliphatic carbocycles. The lowest BCUT2D eigenvalue weighted by molar-refractivity contribution is -0.122. The van der Waals surface area contributed by atoms with Crippen LogP contribution in [0.2, 0.25) is 0 Å². The average molecular weight is 275 g/mol. The molecule has 1 N–H and O–H groups in total. The fourth-order valence-electron chi connectivity index (χ4n) is 2.98. The third-order valence-corrected chi connectivity index (χ3v) is 4.13. The highest BCUT2D eigenvalue weighted by Gasteiger charge is 2.17. The molecule has 0 unspecified atom stereocenters. The number of carbonyl (C=O) groups is 1. The van der Waals surface area contributed by atoms with Crippen molar-refractivity contribution in [1.82, 2.24) is 5.32 Å². The van der Waals surface area contributed by atoms with Crippen molar-refractivity contribution in [3.8, 4) is 11.5 Å². The lowest BCUT2D eigenvalue weighted by Crippen LogP contribution is -2.25. The van der Waals surface area contributed by atoms with E-state index in [0.717, 1.165) is 17.1 Å². The van der Waals surface area contributed by atoms with Crippen molar-refractivity contribution in [2.24, 2.45) is 5.92 Å². The predicted molar refractivity (Wildman–Crippen MR) is 75.6 cm³/mol. The number of ether oxygens (including phenoxy) is 2. The zero-order valence-electron chi connectivity index (χ0n) is 11.7. The van der Waals surface area contributed by atoms with Gasteiger partial charge in [-0.25, -0.2) is 0 Å². The molecular formula is C16H21NO3. The molecule has 1 heterocycles. The van der Waals surface area contributed by atoms with Gasteiger partial charge in [-0.1, -0.05) is 25.3 Å². The minimum atomic E-state index is 0.162. The van der Waals surface area contributed by atoms with Crippen LogP contribution in [0, 0.1) is 5.92 Å². The Balaban J connectivity index is 1.47. The predicted octanol–water partition coefficient (Wildman–Crippen LogP) is 3.00. The summed E-state index contributed by atoms with van der Waals surface area (Å²) in [7, 11) is 0. The molecular weight excluding hydrogens is 254 g/mol. The Hall–Kier alpha value is -1.71. The minimum Gasteiger partial charge on any atom is -0.454 e. The Bertz CT molecular complexity index is 481. The van der Waals surface area contributed by atoms with Crippen LogP contribution >= 0.6 is 0 Å². The van der Waals surface area contributed by atoms with Gasteiger partial charge >= 0.3 is 0 Å². The van der Waals surface area contributed by atoms with Gasteiger partial charge in [-0.2, -0.15) is 0 Å². The van der Waals surface area contributed by atoms with Gasteiger partial charge in [-0.05, 0) is 36.5 Å². The van der Waals surface area contributed by atoms with E-state index in [2.05, 4.69) is 5.32 Å². The Morgan fingerprint density at radius 2 is 1.95 bits per heavy atom. The van der Waals surface area contributed by atoms with E-state index < -0.39 is 0 Å². The molecule has 108 valence electrons. The molecule has 1 aliphatic heterocycles. The lowest BCUT2D eigenvalue weighted by Gasteiger charge is -2.20. The highest BCUT2D eigenvalue weighted by Crippen LogP contribution is 2.32. The minimum absolute atomic E-state index is 0.162. The Kier molecular flexibility index (Phi) is 4.09. The van der Waals surface area contributed by atoms with Gasteiger partial charge in [0.2, 0.25) is 12.7 Å². The smallest absolute Gasteiger partial charge is 0.231 e. The van der Waals surface area contributed by atoms with Crippen molar-refractivity contribution in [1.29, 1.82) is 0 Å². The van der Waals surface area contributed by atoms with Crippen LogP contribution in [0.25, 0.3) is 0 Å². The highest BCUT2D eigenvalue weighted by molar-refractivity contribution is 5.76. The number of amides is 1. The van der Waals surface area contributed by atoms with Crippen LogP contribution in [-0.4, -0.2) is 12.7 Å². The number of nitrogens with one attached hydrogen (secondary N) is 1. The second kappa shape index (κ2) is 6.16. The van der Waals surface area contributed by atoms with E-state index in [1.807, 2.05) is 18.2 Å². The summed E-state index contributed by atoms with van der Waals surface area (Å²) in [5, 5.41) is 3.00. The maximum atomic E-state index is 12.0. The quantitative estimate of drug-likeness (QED) is 0.919. The van der Waals surface area contributed by atoms with Crippen molar-refractivity contribution < 1.29 is 14.3 Å². The van der Waals surface area contributed by atoms with Crippen LogP contribution in [0.3, 0.4) is 0 Å². The van der Waals surface area contributed by atoms with Crippen molar-refractivity contribution in [3.63, 3.8) is 0 Å².